The van der Waals surface area contributed by atoms with Gasteiger partial charge in [-0.3, -0.25) is 9.45 Å². The lowest BCUT2D eigenvalue weighted by Gasteiger charge is -2.29. The summed E-state index contributed by atoms with van der Waals surface area (Å²) in [6, 6.07) is 15.9. The molecular weight excluding hydrogens is 576 g/mol. The molecule has 0 aliphatic carbocycles. The van der Waals surface area contributed by atoms with Crippen LogP contribution in [0.2, 0.25) is 0 Å². The third-order valence-electron chi connectivity index (χ3n) is 6.89. The van der Waals surface area contributed by atoms with Crippen molar-refractivity contribution in [2.24, 2.45) is 0 Å². The van der Waals surface area contributed by atoms with Gasteiger partial charge in [0.1, 0.15) is 0 Å². The maximum Gasteiger partial charge on any atom is 0.261 e. The van der Waals surface area contributed by atoms with Crippen LogP contribution in [0.15, 0.2) is 48.5 Å². The molecule has 1 aromatic heterocycles. The second-order valence-electron chi connectivity index (χ2n) is 9.85. The zero-order chi connectivity index (χ0) is 31.1. The van der Waals surface area contributed by atoms with Gasteiger partial charge in [-0.2, -0.15) is 8.42 Å². The molecule has 14 heteroatoms. The molecule has 4 aromatic rings. The summed E-state index contributed by atoms with van der Waals surface area (Å²) in [5, 5.41) is 12.9. The lowest BCUT2D eigenvalue weighted by molar-refractivity contribution is 0.255. The monoisotopic (exact) mass is 612 g/mol. The molecule has 0 saturated carbocycles. The van der Waals surface area contributed by atoms with Crippen LogP contribution in [0.3, 0.4) is 0 Å². The molecule has 3 N–H and O–H groups in total. The molecule has 13 nitrogen and oxygen atoms in total. The molecule has 0 radical (unpaired) electrons. The number of anilines is 1. The first kappa shape index (κ1) is 31.5. The van der Waals surface area contributed by atoms with Gasteiger partial charge in [0.2, 0.25) is 5.82 Å². The number of nitrogen functional groups attached to an aromatic ring is 1. The third kappa shape index (κ3) is 8.12. The van der Waals surface area contributed by atoms with Gasteiger partial charge in [-0.15, -0.1) is 15.0 Å². The van der Waals surface area contributed by atoms with Crippen molar-refractivity contribution in [1.82, 2.24) is 25.1 Å². The molecule has 43 heavy (non-hydrogen) atoms. The summed E-state index contributed by atoms with van der Waals surface area (Å²) < 4.78 is 47.5. The van der Waals surface area contributed by atoms with Crippen LogP contribution in [0, 0.1) is 0 Å². The lowest BCUT2D eigenvalue weighted by Crippen LogP contribution is -2.32. The summed E-state index contributed by atoms with van der Waals surface area (Å²) in [6.45, 7) is 2.89. The Morgan fingerprint density at radius 2 is 1.44 bits per heavy atom. The summed E-state index contributed by atoms with van der Waals surface area (Å²) in [5.41, 5.74) is 12.0. The number of nitrogens with two attached hydrogens (primary N) is 1. The van der Waals surface area contributed by atoms with Crippen LogP contribution >= 0.6 is 0 Å². The van der Waals surface area contributed by atoms with Gasteiger partial charge in [-0.1, -0.05) is 12.1 Å². The standard InChI is InChI=1S/C28H32N6O4.CH4O3S/c1-35-24-13-19-10-12-33(17-20(19)14-25(24)36-2)11-9-18-5-7-21(8-6-18)34-31-28(30-32-34)22-15-26(37-3)27(38-4)16-23(22)29;1-5(2,3)4/h5-8,13-16H,9-12,17,29H2,1-4H3;1H3,(H,2,3,4). The third-order valence-corrected chi connectivity index (χ3v) is 6.89. The average Bonchev–Trinajstić information content (AvgIpc) is 3.48. The highest BCUT2D eigenvalue weighted by Crippen LogP contribution is 2.36. The van der Waals surface area contributed by atoms with Crippen LogP contribution in [0.5, 0.6) is 23.0 Å². The van der Waals surface area contributed by atoms with E-state index in [1.54, 1.807) is 40.6 Å². The molecule has 0 spiro atoms. The van der Waals surface area contributed by atoms with E-state index in [9.17, 15) is 8.42 Å². The fraction of sp³-hybridized carbons (Fsp3) is 0.345. The van der Waals surface area contributed by atoms with Crippen LogP contribution in [-0.2, 0) is 29.5 Å². The zero-order valence-electron chi connectivity index (χ0n) is 24.8. The van der Waals surface area contributed by atoms with Crippen LogP contribution in [0.25, 0.3) is 17.1 Å². The Balaban J connectivity index is 0.000000782. The van der Waals surface area contributed by atoms with Gasteiger partial charge >= 0.3 is 0 Å². The number of rotatable bonds is 9. The molecule has 3 aromatic carbocycles. The molecule has 0 atom stereocenters. The maximum atomic E-state index is 9.19. The summed E-state index contributed by atoms with van der Waals surface area (Å²) in [4.78, 5) is 3.97. The Hall–Kier alpha value is -4.40. The summed E-state index contributed by atoms with van der Waals surface area (Å²) in [5.74, 6) is 3.08. The van der Waals surface area contributed by atoms with E-state index >= 15 is 0 Å². The van der Waals surface area contributed by atoms with Gasteiger partial charge < -0.3 is 24.7 Å². The van der Waals surface area contributed by atoms with Crippen molar-refractivity contribution in [2.45, 2.75) is 19.4 Å². The summed E-state index contributed by atoms with van der Waals surface area (Å²) >= 11 is 0. The first-order chi connectivity index (χ1) is 20.5. The molecular formula is C29H36N6O7S. The van der Waals surface area contributed by atoms with Gasteiger partial charge in [0.25, 0.3) is 10.1 Å². The highest BCUT2D eigenvalue weighted by atomic mass is 32.2. The Labute approximate surface area is 250 Å². The van der Waals surface area contributed by atoms with Crippen molar-refractivity contribution < 1.29 is 31.9 Å². The Morgan fingerprint density at radius 1 is 0.884 bits per heavy atom. The Bertz CT molecular complexity index is 1650. The molecule has 1 aliphatic rings. The van der Waals surface area contributed by atoms with E-state index < -0.39 is 10.1 Å². The SMILES string of the molecule is COc1cc(N)c(-c2nnn(-c3ccc(CCN4CCc5cc(OC)c(OC)cc5C4)cc3)n2)cc1OC.CS(=O)(=O)O. The van der Waals surface area contributed by atoms with Crippen molar-refractivity contribution in [1.29, 1.82) is 0 Å². The minimum absolute atomic E-state index is 0.409. The first-order valence-electron chi connectivity index (χ1n) is 13.3. The van der Waals surface area contributed by atoms with E-state index in [2.05, 4.69) is 44.6 Å². The molecule has 5 rings (SSSR count). The number of aromatic nitrogens is 4. The molecule has 0 amide bonds. The minimum Gasteiger partial charge on any atom is -0.493 e. The van der Waals surface area contributed by atoms with Crippen LogP contribution in [-0.4, -0.2) is 85.9 Å². The number of ether oxygens (including phenoxy) is 4. The Kier molecular flexibility index (Phi) is 10.1. The number of benzene rings is 3. The van der Waals surface area contributed by atoms with E-state index in [0.717, 1.165) is 49.7 Å². The van der Waals surface area contributed by atoms with Gasteiger partial charge in [0.15, 0.2) is 23.0 Å². The van der Waals surface area contributed by atoms with Crippen molar-refractivity contribution in [3.8, 4) is 40.1 Å². The van der Waals surface area contributed by atoms with Crippen LogP contribution in [0.4, 0.5) is 5.69 Å². The van der Waals surface area contributed by atoms with Crippen LogP contribution in [0.1, 0.15) is 16.7 Å². The topological polar surface area (TPSA) is 164 Å². The van der Waals surface area contributed by atoms with Crippen molar-refractivity contribution in [3.63, 3.8) is 0 Å². The quantitative estimate of drug-likeness (QED) is 0.210. The van der Waals surface area contributed by atoms with E-state index in [0.29, 0.717) is 34.8 Å². The predicted molar refractivity (Wildman–Crippen MR) is 162 cm³/mol. The summed E-state index contributed by atoms with van der Waals surface area (Å²) in [7, 11) is 2.82. The molecule has 0 bridgehead atoms. The normalized spacial score (nSPS) is 13.0. The second-order valence-corrected chi connectivity index (χ2v) is 11.3. The fourth-order valence-electron chi connectivity index (χ4n) is 4.74. The van der Waals surface area contributed by atoms with Gasteiger partial charge in [-0.25, -0.2) is 0 Å². The van der Waals surface area contributed by atoms with E-state index in [4.69, 9.17) is 29.2 Å². The predicted octanol–water partition coefficient (Wildman–Crippen LogP) is 3.05. The average molecular weight is 613 g/mol. The van der Waals surface area contributed by atoms with E-state index in [1.807, 2.05) is 12.1 Å². The molecule has 230 valence electrons. The Morgan fingerprint density at radius 3 is 2.05 bits per heavy atom. The van der Waals surface area contributed by atoms with Gasteiger partial charge in [-0.05, 0) is 65.1 Å². The van der Waals surface area contributed by atoms with E-state index in [1.165, 1.54) is 21.5 Å². The smallest absolute Gasteiger partial charge is 0.261 e. The molecule has 2 heterocycles. The van der Waals surface area contributed by atoms with Crippen LogP contribution < -0.4 is 24.7 Å². The highest BCUT2D eigenvalue weighted by Gasteiger charge is 2.20. The summed E-state index contributed by atoms with van der Waals surface area (Å²) in [6.07, 6.45) is 2.66. The van der Waals surface area contributed by atoms with Gasteiger partial charge in [0, 0.05) is 37.0 Å². The largest absolute Gasteiger partial charge is 0.493 e. The minimum atomic E-state index is -3.67. The number of fused-ring (bicyclic) bond motifs is 1. The molecule has 1 aliphatic heterocycles. The van der Waals surface area contributed by atoms with Crippen molar-refractivity contribution >= 4 is 15.8 Å². The van der Waals surface area contributed by atoms with Crippen molar-refractivity contribution in [2.75, 3.05) is 53.5 Å². The number of tetrazole rings is 1. The second kappa shape index (κ2) is 13.7. The number of hydrogen-bond acceptors (Lipinski definition) is 11. The molecule has 0 unspecified atom stereocenters. The molecule has 0 saturated heterocycles. The van der Waals surface area contributed by atoms with E-state index in [-0.39, 0.29) is 0 Å². The van der Waals surface area contributed by atoms with Gasteiger partial charge in [0.05, 0.1) is 40.4 Å². The van der Waals surface area contributed by atoms with Crippen molar-refractivity contribution in [3.05, 3.63) is 65.2 Å². The maximum absolute atomic E-state index is 9.19. The fourth-order valence-corrected chi connectivity index (χ4v) is 4.74. The first-order valence-corrected chi connectivity index (χ1v) is 15.2. The zero-order valence-corrected chi connectivity index (χ0v) is 25.6. The number of nitrogens with zero attached hydrogens (tertiary/aromatic N) is 5. The number of methoxy groups -OCH3 is 4. The molecule has 0 fully saturated rings. The highest BCUT2D eigenvalue weighted by molar-refractivity contribution is 7.85. The number of hydrogen-bond donors (Lipinski definition) is 2. The lowest BCUT2D eigenvalue weighted by atomic mass is 9.98.